The van der Waals surface area contributed by atoms with Gasteiger partial charge in [0.15, 0.2) is 5.11 Å². The van der Waals surface area contributed by atoms with Crippen LogP contribution in [0.5, 0.6) is 0 Å². The summed E-state index contributed by atoms with van der Waals surface area (Å²) in [6.45, 7) is 2.24. The van der Waals surface area contributed by atoms with E-state index < -0.39 is 5.97 Å². The Labute approximate surface area is 181 Å². The van der Waals surface area contributed by atoms with Gasteiger partial charge in [0.1, 0.15) is 0 Å². The summed E-state index contributed by atoms with van der Waals surface area (Å²) in [4.78, 5) is 35.5. The number of benzene rings is 2. The molecular formula is C22H25N3O4S. The first-order valence-corrected chi connectivity index (χ1v) is 10.1. The van der Waals surface area contributed by atoms with Crippen LogP contribution < -0.4 is 16.0 Å². The molecule has 2 amide bonds. The van der Waals surface area contributed by atoms with E-state index in [1.54, 1.807) is 24.3 Å². The van der Waals surface area contributed by atoms with Gasteiger partial charge in [-0.3, -0.25) is 14.4 Å². The summed E-state index contributed by atoms with van der Waals surface area (Å²) in [6, 6.07) is 16.4. The first kappa shape index (κ1) is 23.0. The van der Waals surface area contributed by atoms with Crippen molar-refractivity contribution in [1.29, 1.82) is 0 Å². The smallest absolute Gasteiger partial charge is 0.306 e. The van der Waals surface area contributed by atoms with Crippen molar-refractivity contribution in [2.45, 2.75) is 32.6 Å². The van der Waals surface area contributed by atoms with Crippen LogP contribution in [0, 0.1) is 0 Å². The summed E-state index contributed by atoms with van der Waals surface area (Å²) < 4.78 is 4.92. The van der Waals surface area contributed by atoms with Gasteiger partial charge >= 0.3 is 5.97 Å². The third-order valence-corrected chi connectivity index (χ3v) is 4.09. The van der Waals surface area contributed by atoms with Gasteiger partial charge in [0.2, 0.25) is 11.8 Å². The molecule has 3 N–H and O–H groups in total. The molecular weight excluding hydrogens is 402 g/mol. The highest BCUT2D eigenvalue weighted by Crippen LogP contribution is 2.15. The minimum absolute atomic E-state index is 0.00260. The zero-order valence-electron chi connectivity index (χ0n) is 16.8. The predicted molar refractivity (Wildman–Crippen MR) is 120 cm³/mol. The molecule has 0 atom stereocenters. The lowest BCUT2D eigenvalue weighted by molar-refractivity contribution is -0.144. The average molecular weight is 428 g/mol. The average Bonchev–Trinajstić information content (AvgIpc) is 2.71. The number of amides is 2. The van der Waals surface area contributed by atoms with Gasteiger partial charge in [-0.1, -0.05) is 43.3 Å². The topological polar surface area (TPSA) is 96.5 Å². The molecule has 0 saturated carbocycles. The van der Waals surface area contributed by atoms with Crippen molar-refractivity contribution in [3.63, 3.8) is 0 Å². The Kier molecular flexibility index (Phi) is 9.47. The zero-order valence-corrected chi connectivity index (χ0v) is 17.6. The molecule has 0 saturated heterocycles. The van der Waals surface area contributed by atoms with Gasteiger partial charge < -0.3 is 20.7 Å². The summed E-state index contributed by atoms with van der Waals surface area (Å²) in [7, 11) is 0. The largest absolute Gasteiger partial charge is 0.466 e. The third kappa shape index (κ3) is 8.83. The molecule has 30 heavy (non-hydrogen) atoms. The Morgan fingerprint density at radius 2 is 1.60 bits per heavy atom. The van der Waals surface area contributed by atoms with Crippen LogP contribution in [0.3, 0.4) is 0 Å². The second kappa shape index (κ2) is 12.3. The molecule has 2 aromatic rings. The van der Waals surface area contributed by atoms with Gasteiger partial charge in [-0.05, 0) is 42.4 Å². The highest BCUT2D eigenvalue weighted by Gasteiger charge is 2.10. The van der Waals surface area contributed by atoms with E-state index >= 15 is 0 Å². The maximum Gasteiger partial charge on any atom is 0.306 e. The van der Waals surface area contributed by atoms with Crippen LogP contribution >= 0.6 is 12.2 Å². The number of ether oxygens (including phenoxy) is 1. The van der Waals surface area contributed by atoms with Crippen LogP contribution in [0.2, 0.25) is 0 Å². The molecule has 2 rings (SSSR count). The summed E-state index contributed by atoms with van der Waals surface area (Å²) in [5.41, 5.74) is 2.14. The number of anilines is 2. The van der Waals surface area contributed by atoms with Gasteiger partial charge in [-0.15, -0.1) is 0 Å². The van der Waals surface area contributed by atoms with Crippen LogP contribution in [-0.2, 0) is 25.5 Å². The van der Waals surface area contributed by atoms with Crippen molar-refractivity contribution in [3.8, 4) is 0 Å². The second-order valence-corrected chi connectivity index (χ2v) is 6.92. The fraction of sp³-hybridized carbons (Fsp3) is 0.273. The van der Waals surface area contributed by atoms with E-state index in [9.17, 15) is 14.4 Å². The van der Waals surface area contributed by atoms with Gasteiger partial charge in [0, 0.05) is 17.8 Å². The molecule has 0 aliphatic carbocycles. The van der Waals surface area contributed by atoms with E-state index in [1.807, 2.05) is 37.3 Å². The van der Waals surface area contributed by atoms with Crippen LogP contribution in [0.1, 0.15) is 31.7 Å². The standard InChI is InChI=1S/C22H25N3O4S/c1-2-13-29-21(28)12-11-19(26)25-22(30)24-18-10-6-9-17(15-18)23-20(27)14-16-7-4-3-5-8-16/h3-10,15H,2,11-14H2,1H3,(H,23,27)(H2,24,25,26,30). The fourth-order valence-corrected chi connectivity index (χ4v) is 2.75. The molecule has 0 aliphatic rings. The molecule has 0 aromatic heterocycles. The van der Waals surface area contributed by atoms with Crippen LogP contribution in [0.4, 0.5) is 11.4 Å². The van der Waals surface area contributed by atoms with E-state index in [0.29, 0.717) is 18.0 Å². The van der Waals surface area contributed by atoms with Gasteiger partial charge in [0.05, 0.1) is 19.4 Å². The van der Waals surface area contributed by atoms with E-state index in [2.05, 4.69) is 16.0 Å². The molecule has 0 fully saturated rings. The molecule has 0 aliphatic heterocycles. The SMILES string of the molecule is CCCOC(=O)CCC(=O)NC(=S)Nc1cccc(NC(=O)Cc2ccccc2)c1. The van der Waals surface area contributed by atoms with E-state index in [0.717, 1.165) is 12.0 Å². The first-order chi connectivity index (χ1) is 14.5. The minimum Gasteiger partial charge on any atom is -0.466 e. The van der Waals surface area contributed by atoms with E-state index in [-0.39, 0.29) is 36.2 Å². The van der Waals surface area contributed by atoms with Crippen molar-refractivity contribution in [1.82, 2.24) is 5.32 Å². The van der Waals surface area contributed by atoms with Crippen molar-refractivity contribution in [2.75, 3.05) is 17.2 Å². The van der Waals surface area contributed by atoms with Crippen LogP contribution in [0.25, 0.3) is 0 Å². The lowest BCUT2D eigenvalue weighted by Gasteiger charge is -2.11. The van der Waals surface area contributed by atoms with Crippen molar-refractivity contribution < 1.29 is 19.1 Å². The molecule has 0 radical (unpaired) electrons. The molecule has 158 valence electrons. The van der Waals surface area contributed by atoms with Gasteiger partial charge in [-0.25, -0.2) is 0 Å². The summed E-state index contributed by atoms with van der Waals surface area (Å²) >= 11 is 5.13. The number of hydrogen-bond acceptors (Lipinski definition) is 5. The van der Waals surface area contributed by atoms with Crippen LogP contribution in [-0.4, -0.2) is 29.5 Å². The van der Waals surface area contributed by atoms with Gasteiger partial charge in [0.25, 0.3) is 0 Å². The van der Waals surface area contributed by atoms with Gasteiger partial charge in [-0.2, -0.15) is 0 Å². The Hall–Kier alpha value is -3.26. The minimum atomic E-state index is -0.412. The Balaban J connectivity index is 1.79. The van der Waals surface area contributed by atoms with E-state index in [1.165, 1.54) is 0 Å². The number of carbonyl (C=O) groups is 3. The molecule has 0 heterocycles. The summed E-state index contributed by atoms with van der Waals surface area (Å²) in [5, 5.41) is 8.35. The fourth-order valence-electron chi connectivity index (χ4n) is 2.52. The third-order valence-electron chi connectivity index (χ3n) is 3.89. The monoisotopic (exact) mass is 427 g/mol. The molecule has 7 nitrogen and oxygen atoms in total. The highest BCUT2D eigenvalue weighted by molar-refractivity contribution is 7.80. The van der Waals surface area contributed by atoms with Crippen molar-refractivity contribution >= 4 is 46.5 Å². The van der Waals surface area contributed by atoms with Crippen molar-refractivity contribution in [2.24, 2.45) is 0 Å². The quantitative estimate of drug-likeness (QED) is 0.419. The van der Waals surface area contributed by atoms with E-state index in [4.69, 9.17) is 17.0 Å². The Morgan fingerprint density at radius 1 is 0.900 bits per heavy atom. The maximum absolute atomic E-state index is 12.2. The molecule has 0 unspecified atom stereocenters. The molecule has 0 spiro atoms. The molecule has 2 aromatic carbocycles. The summed E-state index contributed by atoms with van der Waals surface area (Å²) in [6.07, 6.45) is 0.989. The lowest BCUT2D eigenvalue weighted by Crippen LogP contribution is -2.34. The number of esters is 1. The Morgan fingerprint density at radius 3 is 2.30 bits per heavy atom. The van der Waals surface area contributed by atoms with Crippen LogP contribution in [0.15, 0.2) is 54.6 Å². The molecule has 0 bridgehead atoms. The highest BCUT2D eigenvalue weighted by atomic mass is 32.1. The summed E-state index contributed by atoms with van der Waals surface area (Å²) in [5.74, 6) is -0.928. The molecule has 8 heteroatoms. The zero-order chi connectivity index (χ0) is 21.8. The normalized spacial score (nSPS) is 10.0. The second-order valence-electron chi connectivity index (χ2n) is 6.51. The maximum atomic E-state index is 12.2. The number of hydrogen-bond donors (Lipinski definition) is 3. The Bertz CT molecular complexity index is 887. The number of nitrogens with one attached hydrogen (secondary N) is 3. The van der Waals surface area contributed by atoms with Crippen molar-refractivity contribution in [3.05, 3.63) is 60.2 Å². The predicted octanol–water partition coefficient (Wildman–Crippen LogP) is 3.41. The first-order valence-electron chi connectivity index (χ1n) is 9.66. The lowest BCUT2D eigenvalue weighted by atomic mass is 10.1. The number of thiocarbonyl (C=S) groups is 1. The number of rotatable bonds is 9. The number of carbonyl (C=O) groups excluding carboxylic acids is 3.